The van der Waals surface area contributed by atoms with Gasteiger partial charge in [-0.05, 0) is 32.4 Å². The van der Waals surface area contributed by atoms with Crippen LogP contribution in [0.4, 0.5) is 0 Å². The first-order valence-electron chi connectivity index (χ1n) is 8.50. The summed E-state index contributed by atoms with van der Waals surface area (Å²) in [5.74, 6) is -0.526. The molecule has 0 amide bonds. The molecule has 8 nitrogen and oxygen atoms in total. The SMILES string of the molecule is CCC[C@](CCS(=O)(=O)c1ccccc1)([N+](=O)[O-])P(=O)(OCC)OCC. The van der Waals surface area contributed by atoms with Crippen LogP contribution >= 0.6 is 7.60 Å². The van der Waals surface area contributed by atoms with Crippen molar-refractivity contribution in [1.82, 2.24) is 0 Å². The van der Waals surface area contributed by atoms with E-state index in [1.165, 1.54) is 12.1 Å². The summed E-state index contributed by atoms with van der Waals surface area (Å²) in [5.41, 5.74) is 0. The molecule has 0 aliphatic rings. The Morgan fingerprint density at radius 3 is 2.04 bits per heavy atom. The largest absolute Gasteiger partial charge is 0.406 e. The summed E-state index contributed by atoms with van der Waals surface area (Å²) in [4.78, 5) is 11.3. The highest BCUT2D eigenvalue weighted by Crippen LogP contribution is 2.63. The van der Waals surface area contributed by atoms with E-state index >= 15 is 0 Å². The summed E-state index contributed by atoms with van der Waals surface area (Å²) in [7, 11) is -7.95. The second-order valence-electron chi connectivity index (χ2n) is 5.70. The van der Waals surface area contributed by atoms with Crippen LogP contribution in [0.15, 0.2) is 35.2 Å². The summed E-state index contributed by atoms with van der Waals surface area (Å²) >= 11 is 0. The molecule has 10 heteroatoms. The lowest BCUT2D eigenvalue weighted by atomic mass is 10.1. The quantitative estimate of drug-likeness (QED) is 0.293. The molecule has 0 aliphatic heterocycles. The van der Waals surface area contributed by atoms with Gasteiger partial charge in [-0.3, -0.25) is 14.7 Å². The van der Waals surface area contributed by atoms with E-state index in [4.69, 9.17) is 9.05 Å². The predicted octanol–water partition coefficient (Wildman–Crippen LogP) is 3.89. The van der Waals surface area contributed by atoms with Gasteiger partial charge in [-0.1, -0.05) is 25.1 Å². The molecule has 0 unspecified atom stereocenters. The molecule has 0 radical (unpaired) electrons. The van der Waals surface area contributed by atoms with Crippen LogP contribution in [-0.4, -0.2) is 37.6 Å². The minimum atomic E-state index is -4.17. The Morgan fingerprint density at radius 1 is 1.08 bits per heavy atom. The summed E-state index contributed by atoms with van der Waals surface area (Å²) in [5, 5.41) is 9.84. The number of hydrogen-bond acceptors (Lipinski definition) is 7. The van der Waals surface area contributed by atoms with Gasteiger partial charge in [0, 0.05) is 17.8 Å². The zero-order valence-electron chi connectivity index (χ0n) is 15.3. The third kappa shape index (κ3) is 4.91. The van der Waals surface area contributed by atoms with Gasteiger partial charge in [0.2, 0.25) is 0 Å². The zero-order valence-corrected chi connectivity index (χ0v) is 17.0. The van der Waals surface area contributed by atoms with Gasteiger partial charge in [-0.15, -0.1) is 0 Å². The average Bonchev–Trinajstić information content (AvgIpc) is 2.59. The lowest BCUT2D eigenvalue weighted by Gasteiger charge is -2.31. The van der Waals surface area contributed by atoms with Crippen LogP contribution in [-0.2, 0) is 23.4 Å². The molecule has 0 spiro atoms. The molecule has 26 heavy (non-hydrogen) atoms. The summed E-state index contributed by atoms with van der Waals surface area (Å²) in [6.45, 7) is 4.74. The maximum Gasteiger partial charge on any atom is 0.406 e. The van der Waals surface area contributed by atoms with Crippen molar-refractivity contribution in [3.63, 3.8) is 0 Å². The van der Waals surface area contributed by atoms with Gasteiger partial charge >= 0.3 is 12.9 Å². The second kappa shape index (κ2) is 9.60. The summed E-state index contributed by atoms with van der Waals surface area (Å²) in [6.07, 6.45) is -0.236. The van der Waals surface area contributed by atoms with Gasteiger partial charge in [-0.2, -0.15) is 0 Å². The van der Waals surface area contributed by atoms with E-state index < -0.39 is 39.8 Å². The molecule has 0 saturated carbocycles. The third-order valence-electron chi connectivity index (χ3n) is 3.97. The normalized spacial score (nSPS) is 14.7. The smallest absolute Gasteiger partial charge is 0.304 e. The number of benzene rings is 1. The minimum absolute atomic E-state index is 0.0397. The molecule has 0 fully saturated rings. The lowest BCUT2D eigenvalue weighted by Crippen LogP contribution is -2.41. The van der Waals surface area contributed by atoms with Gasteiger partial charge in [-0.25, -0.2) is 8.42 Å². The van der Waals surface area contributed by atoms with Crippen molar-refractivity contribution >= 4 is 17.4 Å². The Bertz CT molecular complexity index is 728. The highest BCUT2D eigenvalue weighted by molar-refractivity contribution is 7.91. The molecular formula is C16H26NO7PS. The molecule has 1 rings (SSSR count). The molecule has 148 valence electrons. The zero-order chi connectivity index (χ0) is 19.8. The number of rotatable bonds is 12. The lowest BCUT2D eigenvalue weighted by molar-refractivity contribution is -0.546. The Kier molecular flexibility index (Phi) is 8.40. The summed E-state index contributed by atoms with van der Waals surface area (Å²) in [6, 6.07) is 7.67. The van der Waals surface area contributed by atoms with Crippen LogP contribution in [0, 0.1) is 10.1 Å². The first-order chi connectivity index (χ1) is 12.2. The maximum atomic E-state index is 13.2. The van der Waals surface area contributed by atoms with Crippen molar-refractivity contribution < 1.29 is 27.0 Å². The van der Waals surface area contributed by atoms with Crippen molar-refractivity contribution in [2.75, 3.05) is 19.0 Å². The van der Waals surface area contributed by atoms with Gasteiger partial charge in [0.25, 0.3) is 0 Å². The van der Waals surface area contributed by atoms with Gasteiger partial charge < -0.3 is 9.05 Å². The molecule has 0 N–H and O–H groups in total. The molecule has 0 heterocycles. The highest BCUT2D eigenvalue weighted by atomic mass is 32.2. The van der Waals surface area contributed by atoms with Gasteiger partial charge in [0.15, 0.2) is 9.84 Å². The molecule has 0 bridgehead atoms. The van der Waals surface area contributed by atoms with E-state index in [0.717, 1.165) is 0 Å². The van der Waals surface area contributed by atoms with E-state index in [9.17, 15) is 23.1 Å². The van der Waals surface area contributed by atoms with Crippen LogP contribution in [0.3, 0.4) is 0 Å². The fraction of sp³-hybridized carbons (Fsp3) is 0.625. The first kappa shape index (κ1) is 22.8. The fourth-order valence-corrected chi connectivity index (χ4v) is 6.63. The maximum absolute atomic E-state index is 13.2. The Labute approximate surface area is 154 Å². The van der Waals surface area contributed by atoms with Crippen LogP contribution in [0.1, 0.15) is 40.0 Å². The number of nitrogens with zero attached hydrogens (tertiary/aromatic N) is 1. The topological polar surface area (TPSA) is 113 Å². The van der Waals surface area contributed by atoms with Crippen molar-refractivity contribution in [2.24, 2.45) is 0 Å². The Morgan fingerprint density at radius 2 is 1.62 bits per heavy atom. The highest BCUT2D eigenvalue weighted by Gasteiger charge is 2.61. The summed E-state index contributed by atoms with van der Waals surface area (Å²) < 4.78 is 48.8. The molecular weight excluding hydrogens is 381 g/mol. The molecule has 0 aliphatic carbocycles. The molecule has 1 aromatic rings. The number of nitro groups is 1. The Hall–Kier alpha value is -1.28. The van der Waals surface area contributed by atoms with Crippen LogP contribution in [0.5, 0.6) is 0 Å². The number of hydrogen-bond donors (Lipinski definition) is 0. The molecule has 0 saturated heterocycles. The fourth-order valence-electron chi connectivity index (χ4n) is 2.74. The van der Waals surface area contributed by atoms with Crippen LogP contribution < -0.4 is 0 Å². The monoisotopic (exact) mass is 407 g/mol. The minimum Gasteiger partial charge on any atom is -0.304 e. The van der Waals surface area contributed by atoms with E-state index in [1.54, 1.807) is 39.0 Å². The molecule has 0 aromatic heterocycles. The van der Waals surface area contributed by atoms with Crippen LogP contribution in [0.2, 0.25) is 0 Å². The first-order valence-corrected chi connectivity index (χ1v) is 11.7. The third-order valence-corrected chi connectivity index (χ3v) is 8.53. The second-order valence-corrected chi connectivity index (χ2v) is 10.2. The van der Waals surface area contributed by atoms with Crippen molar-refractivity contribution in [3.05, 3.63) is 40.4 Å². The average molecular weight is 407 g/mol. The van der Waals surface area contributed by atoms with Crippen molar-refractivity contribution in [1.29, 1.82) is 0 Å². The van der Waals surface area contributed by atoms with Crippen molar-refractivity contribution in [3.8, 4) is 0 Å². The Balaban J connectivity index is 3.30. The molecule has 1 atom stereocenters. The molecule has 1 aromatic carbocycles. The van der Waals surface area contributed by atoms with E-state index in [0.29, 0.717) is 6.42 Å². The van der Waals surface area contributed by atoms with Gasteiger partial charge in [0.1, 0.15) is 0 Å². The number of sulfone groups is 1. The van der Waals surface area contributed by atoms with Crippen molar-refractivity contribution in [2.45, 2.75) is 50.2 Å². The van der Waals surface area contributed by atoms with Crippen LogP contribution in [0.25, 0.3) is 0 Å². The predicted molar refractivity (Wildman–Crippen MR) is 98.6 cm³/mol. The van der Waals surface area contributed by atoms with Gasteiger partial charge in [0.05, 0.1) is 23.9 Å². The van der Waals surface area contributed by atoms with E-state index in [-0.39, 0.29) is 24.5 Å². The standard InChI is InChI=1S/C16H26NO7PS/c1-4-12-16(17(18)19,25(20,23-5-2)24-6-3)13-14-26(21,22)15-10-8-7-9-11-15/h7-11H,4-6,12-14H2,1-3H3/t16-/m0/s1. The van der Waals surface area contributed by atoms with E-state index in [1.807, 2.05) is 0 Å². The van der Waals surface area contributed by atoms with E-state index in [2.05, 4.69) is 0 Å².